The zero-order valence-corrected chi connectivity index (χ0v) is 22.0. The summed E-state index contributed by atoms with van der Waals surface area (Å²) in [4.78, 5) is 50.3. The summed E-state index contributed by atoms with van der Waals surface area (Å²) < 4.78 is 6.88. The Hall–Kier alpha value is -4.21. The number of halogens is 1. The summed E-state index contributed by atoms with van der Waals surface area (Å²) in [6.45, 7) is 1.42. The second-order valence-electron chi connectivity index (χ2n) is 8.47. The molecule has 1 amide bonds. The van der Waals surface area contributed by atoms with Gasteiger partial charge < -0.3 is 15.2 Å². The largest absolute Gasteiger partial charge is 0.495 e. The van der Waals surface area contributed by atoms with E-state index in [1.807, 2.05) is 16.8 Å². The maximum atomic E-state index is 13.5. The molecular weight excluding hydrogens is 528 g/mol. The fraction of sp³-hybridized carbons (Fsp3) is 0.143. The molecule has 2 heterocycles. The van der Waals surface area contributed by atoms with Crippen LogP contribution >= 0.6 is 22.9 Å². The Kier molecular flexibility index (Phi) is 8.09. The molecule has 2 aromatic carbocycles. The van der Waals surface area contributed by atoms with Crippen molar-refractivity contribution >= 4 is 46.3 Å². The van der Waals surface area contributed by atoms with Crippen LogP contribution in [-0.4, -0.2) is 34.4 Å². The number of ether oxygens (including phenoxy) is 1. The normalized spacial score (nSPS) is 11.6. The first kappa shape index (κ1) is 26.8. The van der Waals surface area contributed by atoms with Crippen LogP contribution in [0.25, 0.3) is 11.1 Å². The predicted molar refractivity (Wildman–Crippen MR) is 147 cm³/mol. The third-order valence-electron chi connectivity index (χ3n) is 5.96. The zero-order chi connectivity index (χ0) is 27.4. The highest BCUT2D eigenvalue weighted by atomic mass is 35.5. The van der Waals surface area contributed by atoms with Gasteiger partial charge in [-0.1, -0.05) is 11.6 Å². The van der Waals surface area contributed by atoms with E-state index in [4.69, 9.17) is 21.4 Å². The molecule has 0 aliphatic rings. The van der Waals surface area contributed by atoms with Gasteiger partial charge in [0.1, 0.15) is 11.8 Å². The number of thiophene rings is 1. The van der Waals surface area contributed by atoms with Crippen LogP contribution in [0.3, 0.4) is 0 Å². The topological polar surface area (TPSA) is 115 Å². The number of aromatic carboxylic acids is 1. The van der Waals surface area contributed by atoms with Crippen molar-refractivity contribution in [3.63, 3.8) is 0 Å². The molecule has 2 N–H and O–H groups in total. The molecule has 194 valence electrons. The van der Waals surface area contributed by atoms with Gasteiger partial charge in [-0.15, -0.1) is 0 Å². The first-order valence-electron chi connectivity index (χ1n) is 11.4. The molecule has 8 nitrogen and oxygen atoms in total. The molecule has 0 radical (unpaired) electrons. The van der Waals surface area contributed by atoms with Crippen LogP contribution in [0.1, 0.15) is 39.2 Å². The number of methoxy groups -OCH3 is 1. The van der Waals surface area contributed by atoms with E-state index in [9.17, 15) is 19.2 Å². The standard InChI is InChI=1S/C28H23ClN2O6S/c1-16(32)21-8-5-19(29)12-22(21)23-13-26(33)31(14-25(23)37-2)24(11-17-9-10-38-15-17)27(34)30-20-6-3-18(4-7-20)28(35)36/h3-10,12-15,24H,11H2,1-2H3,(H,30,34)(H,35,36). The molecule has 0 bridgehead atoms. The number of anilines is 1. The van der Waals surface area contributed by atoms with Crippen LogP contribution in [0.4, 0.5) is 5.69 Å². The smallest absolute Gasteiger partial charge is 0.335 e. The molecule has 10 heteroatoms. The van der Waals surface area contributed by atoms with Crippen molar-refractivity contribution in [1.82, 2.24) is 4.57 Å². The lowest BCUT2D eigenvalue weighted by Gasteiger charge is -2.21. The summed E-state index contributed by atoms with van der Waals surface area (Å²) in [5.41, 5.74) is 2.05. The number of carboxylic acids is 1. The lowest BCUT2D eigenvalue weighted by Crippen LogP contribution is -2.34. The second kappa shape index (κ2) is 11.5. The SMILES string of the molecule is COc1cn(C(Cc2ccsc2)C(=O)Nc2ccc(C(=O)O)cc2)c(=O)cc1-c1cc(Cl)ccc1C(C)=O. The number of nitrogens with one attached hydrogen (secondary N) is 1. The molecule has 0 aliphatic carbocycles. The minimum atomic E-state index is -1.08. The monoisotopic (exact) mass is 550 g/mol. The number of nitrogens with zero attached hydrogens (tertiary/aromatic N) is 1. The lowest BCUT2D eigenvalue weighted by atomic mass is 9.97. The van der Waals surface area contributed by atoms with E-state index in [0.717, 1.165) is 5.56 Å². The van der Waals surface area contributed by atoms with E-state index in [2.05, 4.69) is 5.32 Å². The number of carbonyl (C=O) groups is 3. The Morgan fingerprint density at radius 2 is 1.82 bits per heavy atom. The van der Waals surface area contributed by atoms with E-state index in [1.54, 1.807) is 18.2 Å². The molecule has 0 saturated carbocycles. The first-order valence-corrected chi connectivity index (χ1v) is 12.8. The molecule has 38 heavy (non-hydrogen) atoms. The average Bonchev–Trinajstić information content (AvgIpc) is 3.40. The lowest BCUT2D eigenvalue weighted by molar-refractivity contribution is -0.119. The van der Waals surface area contributed by atoms with Gasteiger partial charge in [-0.3, -0.25) is 19.0 Å². The molecule has 0 fully saturated rings. The summed E-state index contributed by atoms with van der Waals surface area (Å²) in [6.07, 6.45) is 1.67. The van der Waals surface area contributed by atoms with Crippen molar-refractivity contribution in [3.8, 4) is 16.9 Å². The van der Waals surface area contributed by atoms with E-state index >= 15 is 0 Å². The number of aromatic nitrogens is 1. The van der Waals surface area contributed by atoms with Gasteiger partial charge >= 0.3 is 5.97 Å². The summed E-state index contributed by atoms with van der Waals surface area (Å²) >= 11 is 7.66. The van der Waals surface area contributed by atoms with Crippen LogP contribution in [0.2, 0.25) is 5.02 Å². The predicted octanol–water partition coefficient (Wildman–Crippen LogP) is 5.56. The van der Waals surface area contributed by atoms with Gasteiger partial charge in [-0.25, -0.2) is 4.79 Å². The number of pyridine rings is 1. The van der Waals surface area contributed by atoms with Crippen molar-refractivity contribution in [2.45, 2.75) is 19.4 Å². The van der Waals surface area contributed by atoms with Gasteiger partial charge in [0.2, 0.25) is 5.91 Å². The Labute approximate surface area is 227 Å². The fourth-order valence-electron chi connectivity index (χ4n) is 4.06. The second-order valence-corrected chi connectivity index (χ2v) is 9.69. The number of ketones is 1. The minimum Gasteiger partial charge on any atom is -0.495 e. The number of benzene rings is 2. The highest BCUT2D eigenvalue weighted by Gasteiger charge is 2.25. The van der Waals surface area contributed by atoms with E-state index in [-0.39, 0.29) is 23.5 Å². The summed E-state index contributed by atoms with van der Waals surface area (Å²) in [7, 11) is 1.43. The molecule has 4 rings (SSSR count). The Morgan fingerprint density at radius 3 is 2.42 bits per heavy atom. The van der Waals surface area contributed by atoms with Gasteiger partial charge in [-0.2, -0.15) is 11.3 Å². The third kappa shape index (κ3) is 5.85. The van der Waals surface area contributed by atoms with E-state index in [0.29, 0.717) is 27.4 Å². The number of carbonyl (C=O) groups excluding carboxylic acids is 2. The summed E-state index contributed by atoms with van der Waals surface area (Å²) in [5.74, 6) is -1.47. The van der Waals surface area contributed by atoms with Crippen molar-refractivity contribution in [1.29, 1.82) is 0 Å². The zero-order valence-electron chi connectivity index (χ0n) is 20.4. The third-order valence-corrected chi connectivity index (χ3v) is 6.93. The Bertz CT molecular complexity index is 1560. The van der Waals surface area contributed by atoms with E-state index < -0.39 is 23.5 Å². The van der Waals surface area contributed by atoms with Crippen molar-refractivity contribution in [2.75, 3.05) is 12.4 Å². The van der Waals surface area contributed by atoms with Crippen LogP contribution in [0.15, 0.2) is 76.3 Å². The number of carboxylic acid groups (broad SMARTS) is 1. The van der Waals surface area contributed by atoms with Crippen LogP contribution in [0.5, 0.6) is 5.75 Å². The van der Waals surface area contributed by atoms with Crippen molar-refractivity contribution in [2.24, 2.45) is 0 Å². The molecule has 0 spiro atoms. The molecule has 0 saturated heterocycles. The maximum absolute atomic E-state index is 13.5. The molecule has 1 unspecified atom stereocenters. The van der Waals surface area contributed by atoms with Crippen molar-refractivity contribution < 1.29 is 24.2 Å². The van der Waals surface area contributed by atoms with Gasteiger partial charge in [0.25, 0.3) is 5.56 Å². The number of hydrogen-bond donors (Lipinski definition) is 2. The van der Waals surface area contributed by atoms with E-state index in [1.165, 1.54) is 66.5 Å². The number of hydrogen-bond acceptors (Lipinski definition) is 6. The summed E-state index contributed by atoms with van der Waals surface area (Å²) in [5, 5.41) is 16.1. The summed E-state index contributed by atoms with van der Waals surface area (Å²) in [6, 6.07) is 12.8. The Morgan fingerprint density at radius 1 is 1.08 bits per heavy atom. The van der Waals surface area contributed by atoms with Crippen LogP contribution < -0.4 is 15.6 Å². The van der Waals surface area contributed by atoms with Gasteiger partial charge in [0.15, 0.2) is 5.78 Å². The molecule has 0 aliphatic heterocycles. The number of rotatable bonds is 9. The average molecular weight is 551 g/mol. The fourth-order valence-corrected chi connectivity index (χ4v) is 4.92. The minimum absolute atomic E-state index is 0.0836. The highest BCUT2D eigenvalue weighted by molar-refractivity contribution is 7.07. The molecule has 1 atom stereocenters. The highest BCUT2D eigenvalue weighted by Crippen LogP contribution is 2.34. The molecule has 4 aromatic rings. The Balaban J connectivity index is 1.77. The quantitative estimate of drug-likeness (QED) is 0.264. The molecular formula is C28H23ClN2O6S. The maximum Gasteiger partial charge on any atom is 0.335 e. The van der Waals surface area contributed by atoms with Gasteiger partial charge in [0.05, 0.1) is 18.9 Å². The van der Waals surface area contributed by atoms with Crippen LogP contribution in [0, 0.1) is 0 Å². The van der Waals surface area contributed by atoms with Crippen molar-refractivity contribution in [3.05, 3.63) is 104 Å². The number of Topliss-reactive ketones (excluding diaryl/α,β-unsaturated/α-hetero) is 1. The van der Waals surface area contributed by atoms with Crippen LogP contribution in [-0.2, 0) is 11.2 Å². The first-order chi connectivity index (χ1) is 18.2. The van der Waals surface area contributed by atoms with Gasteiger partial charge in [0, 0.05) is 34.3 Å². The van der Waals surface area contributed by atoms with Gasteiger partial charge in [-0.05, 0) is 77.3 Å². The molecule has 2 aromatic heterocycles. The number of amides is 1.